The first kappa shape index (κ1) is 12.9. The Morgan fingerprint density at radius 2 is 2.00 bits per heavy atom. The summed E-state index contributed by atoms with van der Waals surface area (Å²) >= 11 is 1.75. The number of rotatable bonds is 5. The van der Waals surface area contributed by atoms with E-state index in [4.69, 9.17) is 5.11 Å². The molecule has 0 spiro atoms. The molecule has 16 heavy (non-hydrogen) atoms. The summed E-state index contributed by atoms with van der Waals surface area (Å²) in [7, 11) is 0. The Hall–Kier alpha value is -1.16. The van der Waals surface area contributed by atoms with Crippen LogP contribution in [0.5, 0.6) is 0 Å². The van der Waals surface area contributed by atoms with Gasteiger partial charge in [-0.1, -0.05) is 30.3 Å². The van der Waals surface area contributed by atoms with Gasteiger partial charge in [0, 0.05) is 17.0 Å². The van der Waals surface area contributed by atoms with Gasteiger partial charge in [-0.3, -0.25) is 0 Å². The second kappa shape index (κ2) is 5.80. The van der Waals surface area contributed by atoms with Crippen LogP contribution in [-0.4, -0.2) is 22.5 Å². The smallest absolute Gasteiger partial charge is 0.404 e. The van der Waals surface area contributed by atoms with Crippen molar-refractivity contribution < 1.29 is 9.90 Å². The van der Waals surface area contributed by atoms with Crippen molar-refractivity contribution in [3.63, 3.8) is 0 Å². The minimum absolute atomic E-state index is 0.0891. The maximum Gasteiger partial charge on any atom is 0.404 e. The van der Waals surface area contributed by atoms with Crippen molar-refractivity contribution in [1.82, 2.24) is 5.32 Å². The molecular weight excluding hydrogens is 222 g/mol. The second-order valence-electron chi connectivity index (χ2n) is 4.19. The van der Waals surface area contributed by atoms with Gasteiger partial charge in [-0.15, -0.1) is 11.8 Å². The average molecular weight is 239 g/mol. The van der Waals surface area contributed by atoms with Gasteiger partial charge in [0.05, 0.1) is 0 Å². The van der Waals surface area contributed by atoms with Crippen LogP contribution in [0.15, 0.2) is 30.3 Å². The monoisotopic (exact) mass is 239 g/mol. The Morgan fingerprint density at radius 3 is 2.56 bits per heavy atom. The van der Waals surface area contributed by atoms with Crippen LogP contribution in [0.25, 0.3) is 0 Å². The van der Waals surface area contributed by atoms with Gasteiger partial charge in [-0.2, -0.15) is 0 Å². The van der Waals surface area contributed by atoms with Crippen LogP contribution in [0.2, 0.25) is 0 Å². The third kappa shape index (κ3) is 5.07. The zero-order chi connectivity index (χ0) is 12.0. The molecule has 1 aromatic carbocycles. The Balaban J connectivity index is 2.38. The van der Waals surface area contributed by atoms with Crippen LogP contribution < -0.4 is 5.32 Å². The molecule has 0 saturated heterocycles. The standard InChI is InChI=1S/C12H17NO2S/c1-12(2,9-13-11(14)15)16-8-10-6-4-3-5-7-10/h3-7,13H,8-9H2,1-2H3,(H,14,15). The molecule has 1 rings (SSSR count). The van der Waals surface area contributed by atoms with Crippen LogP contribution in [0.1, 0.15) is 19.4 Å². The highest BCUT2D eigenvalue weighted by molar-refractivity contribution is 7.99. The zero-order valence-corrected chi connectivity index (χ0v) is 10.4. The highest BCUT2D eigenvalue weighted by atomic mass is 32.2. The highest BCUT2D eigenvalue weighted by Gasteiger charge is 2.19. The molecule has 0 radical (unpaired) electrons. The molecule has 0 aliphatic heterocycles. The Labute approximate surface area is 100 Å². The van der Waals surface area contributed by atoms with Gasteiger partial charge in [0.1, 0.15) is 0 Å². The van der Waals surface area contributed by atoms with Gasteiger partial charge in [-0.05, 0) is 19.4 Å². The third-order valence-corrected chi connectivity index (χ3v) is 3.54. The normalized spacial score (nSPS) is 11.1. The molecule has 0 bridgehead atoms. The molecule has 1 aromatic rings. The molecular formula is C12H17NO2S. The van der Waals surface area contributed by atoms with Gasteiger partial charge in [0.25, 0.3) is 0 Å². The number of carbonyl (C=O) groups is 1. The molecule has 4 heteroatoms. The van der Waals surface area contributed by atoms with E-state index in [2.05, 4.69) is 17.4 Å². The number of hydrogen-bond donors (Lipinski definition) is 2. The molecule has 1 amide bonds. The molecule has 0 aliphatic rings. The van der Waals surface area contributed by atoms with Crippen LogP contribution in [-0.2, 0) is 5.75 Å². The molecule has 0 heterocycles. The number of carboxylic acid groups (broad SMARTS) is 1. The lowest BCUT2D eigenvalue weighted by molar-refractivity contribution is 0.193. The summed E-state index contributed by atoms with van der Waals surface area (Å²) in [4.78, 5) is 10.4. The summed E-state index contributed by atoms with van der Waals surface area (Å²) in [6.07, 6.45) is -0.964. The zero-order valence-electron chi connectivity index (χ0n) is 9.56. The van der Waals surface area contributed by atoms with Crippen LogP contribution in [0.4, 0.5) is 4.79 Å². The summed E-state index contributed by atoms with van der Waals surface area (Å²) < 4.78 is -0.0891. The minimum atomic E-state index is -0.964. The first-order chi connectivity index (χ1) is 7.49. The van der Waals surface area contributed by atoms with E-state index in [9.17, 15) is 4.79 Å². The maximum atomic E-state index is 10.4. The average Bonchev–Trinajstić information content (AvgIpc) is 2.26. The van der Waals surface area contributed by atoms with Crippen molar-refractivity contribution >= 4 is 17.9 Å². The van der Waals surface area contributed by atoms with Crippen molar-refractivity contribution in [2.75, 3.05) is 6.54 Å². The highest BCUT2D eigenvalue weighted by Crippen LogP contribution is 2.27. The lowest BCUT2D eigenvalue weighted by Crippen LogP contribution is -2.35. The van der Waals surface area contributed by atoms with Crippen molar-refractivity contribution in [1.29, 1.82) is 0 Å². The van der Waals surface area contributed by atoms with E-state index in [1.807, 2.05) is 32.0 Å². The largest absolute Gasteiger partial charge is 0.465 e. The predicted octanol–water partition coefficient (Wildman–Crippen LogP) is 2.97. The molecule has 0 atom stereocenters. The van der Waals surface area contributed by atoms with Gasteiger partial charge in [0.15, 0.2) is 0 Å². The number of hydrogen-bond acceptors (Lipinski definition) is 2. The Bertz CT molecular complexity index is 338. The second-order valence-corrected chi connectivity index (χ2v) is 5.88. The van der Waals surface area contributed by atoms with E-state index in [1.165, 1.54) is 5.56 Å². The number of benzene rings is 1. The number of nitrogens with one attached hydrogen (secondary N) is 1. The molecule has 0 unspecified atom stereocenters. The fourth-order valence-corrected chi connectivity index (χ4v) is 2.12. The third-order valence-electron chi connectivity index (χ3n) is 2.14. The lowest BCUT2D eigenvalue weighted by atomic mass is 10.2. The van der Waals surface area contributed by atoms with E-state index in [-0.39, 0.29) is 4.75 Å². The van der Waals surface area contributed by atoms with Crippen molar-refractivity contribution in [3.8, 4) is 0 Å². The number of amides is 1. The van der Waals surface area contributed by atoms with Crippen LogP contribution in [0, 0.1) is 0 Å². The van der Waals surface area contributed by atoms with E-state index in [1.54, 1.807) is 11.8 Å². The van der Waals surface area contributed by atoms with E-state index in [0.29, 0.717) is 6.54 Å². The van der Waals surface area contributed by atoms with Gasteiger partial charge >= 0.3 is 6.09 Å². The topological polar surface area (TPSA) is 49.3 Å². The summed E-state index contributed by atoms with van der Waals surface area (Å²) in [6, 6.07) is 10.2. The first-order valence-electron chi connectivity index (χ1n) is 5.14. The lowest BCUT2D eigenvalue weighted by Gasteiger charge is -2.23. The SMILES string of the molecule is CC(C)(CNC(=O)O)SCc1ccccc1. The molecule has 0 saturated carbocycles. The minimum Gasteiger partial charge on any atom is -0.465 e. The quantitative estimate of drug-likeness (QED) is 0.830. The summed E-state index contributed by atoms with van der Waals surface area (Å²) in [5.41, 5.74) is 1.26. The molecule has 2 N–H and O–H groups in total. The van der Waals surface area contributed by atoms with E-state index in [0.717, 1.165) is 5.75 Å². The fraction of sp³-hybridized carbons (Fsp3) is 0.417. The van der Waals surface area contributed by atoms with Crippen LogP contribution >= 0.6 is 11.8 Å². The first-order valence-corrected chi connectivity index (χ1v) is 6.13. The van der Waals surface area contributed by atoms with Crippen molar-refractivity contribution in [3.05, 3.63) is 35.9 Å². The predicted molar refractivity (Wildman–Crippen MR) is 67.8 cm³/mol. The molecule has 0 aliphatic carbocycles. The van der Waals surface area contributed by atoms with Crippen molar-refractivity contribution in [2.45, 2.75) is 24.3 Å². The number of thioether (sulfide) groups is 1. The molecule has 88 valence electrons. The van der Waals surface area contributed by atoms with Gasteiger partial charge < -0.3 is 10.4 Å². The van der Waals surface area contributed by atoms with Crippen LogP contribution in [0.3, 0.4) is 0 Å². The van der Waals surface area contributed by atoms with Crippen molar-refractivity contribution in [2.24, 2.45) is 0 Å². The van der Waals surface area contributed by atoms with E-state index < -0.39 is 6.09 Å². The summed E-state index contributed by atoms with van der Waals surface area (Å²) in [5, 5.41) is 11.0. The molecule has 0 fully saturated rings. The Kier molecular flexibility index (Phi) is 4.68. The maximum absolute atomic E-state index is 10.4. The van der Waals surface area contributed by atoms with Gasteiger partial charge in [0.2, 0.25) is 0 Å². The Morgan fingerprint density at radius 1 is 1.38 bits per heavy atom. The molecule has 0 aromatic heterocycles. The molecule has 3 nitrogen and oxygen atoms in total. The summed E-state index contributed by atoms with van der Waals surface area (Å²) in [6.45, 7) is 4.53. The fourth-order valence-electron chi connectivity index (χ4n) is 1.19. The summed E-state index contributed by atoms with van der Waals surface area (Å²) in [5.74, 6) is 0.898. The van der Waals surface area contributed by atoms with Gasteiger partial charge in [-0.25, -0.2) is 4.79 Å². The van der Waals surface area contributed by atoms with E-state index >= 15 is 0 Å².